The molecule has 0 saturated carbocycles. The zero-order valence-corrected chi connectivity index (χ0v) is 15.0. The number of carbonyl (C=O) groups is 1. The van der Waals surface area contributed by atoms with Gasteiger partial charge in [-0.3, -0.25) is 4.79 Å². The summed E-state index contributed by atoms with van der Waals surface area (Å²) in [5.74, 6) is 0.629. The first-order valence-corrected chi connectivity index (χ1v) is 8.55. The number of carbonyl (C=O) groups excluding carboxylic acids is 1. The minimum atomic E-state index is 0.138. The van der Waals surface area contributed by atoms with Crippen molar-refractivity contribution >= 4 is 16.8 Å². The Kier molecular flexibility index (Phi) is 4.92. The van der Waals surface area contributed by atoms with Crippen LogP contribution < -0.4 is 0 Å². The molecule has 0 N–H and O–H groups in total. The smallest absolute Gasteiger partial charge is 0.256 e. The molecule has 0 aliphatic carbocycles. The molecule has 2 heterocycles. The summed E-state index contributed by atoms with van der Waals surface area (Å²) in [5, 5.41) is 1.03. The Balaban J connectivity index is 1.90. The summed E-state index contributed by atoms with van der Waals surface area (Å²) >= 11 is 0. The molecular weight excluding hydrogens is 302 g/mol. The van der Waals surface area contributed by atoms with E-state index in [2.05, 4.69) is 36.6 Å². The van der Waals surface area contributed by atoms with Gasteiger partial charge in [0.2, 0.25) is 0 Å². The Hall–Kier alpha value is -1.85. The molecule has 2 unspecified atom stereocenters. The minimum Gasteiger partial charge on any atom is -0.383 e. The number of amides is 1. The zero-order chi connectivity index (χ0) is 17.3. The molecule has 0 bridgehead atoms. The van der Waals surface area contributed by atoms with Crippen molar-refractivity contribution in [1.29, 1.82) is 0 Å². The van der Waals surface area contributed by atoms with E-state index in [1.165, 1.54) is 0 Å². The first-order chi connectivity index (χ1) is 11.5. The van der Waals surface area contributed by atoms with Crippen LogP contribution in [0.25, 0.3) is 10.9 Å². The summed E-state index contributed by atoms with van der Waals surface area (Å²) in [6.45, 7) is 5.22. The summed E-state index contributed by atoms with van der Waals surface area (Å²) < 4.78 is 7.32. The van der Waals surface area contributed by atoms with Crippen LogP contribution in [-0.4, -0.2) is 67.2 Å². The second-order valence-electron chi connectivity index (χ2n) is 6.96. The Morgan fingerprint density at radius 1 is 1.29 bits per heavy atom. The molecule has 1 aromatic heterocycles. The predicted molar refractivity (Wildman–Crippen MR) is 96.4 cm³/mol. The number of hydrogen-bond acceptors (Lipinski definition) is 3. The van der Waals surface area contributed by atoms with Gasteiger partial charge in [-0.2, -0.15) is 0 Å². The second kappa shape index (κ2) is 6.95. The summed E-state index contributed by atoms with van der Waals surface area (Å²) in [7, 11) is 5.88. The maximum absolute atomic E-state index is 13.1. The average molecular weight is 329 g/mol. The van der Waals surface area contributed by atoms with Gasteiger partial charge in [0, 0.05) is 49.9 Å². The highest BCUT2D eigenvalue weighted by molar-refractivity contribution is 6.07. The number of methoxy groups -OCH3 is 1. The van der Waals surface area contributed by atoms with E-state index in [1.54, 1.807) is 7.11 Å². The van der Waals surface area contributed by atoms with Crippen molar-refractivity contribution < 1.29 is 9.53 Å². The molecule has 1 aromatic carbocycles. The van der Waals surface area contributed by atoms with Gasteiger partial charge in [-0.05, 0) is 26.1 Å². The lowest BCUT2D eigenvalue weighted by Crippen LogP contribution is -2.35. The molecular formula is C19H27N3O2. The lowest BCUT2D eigenvalue weighted by atomic mass is 10.1. The Morgan fingerprint density at radius 2 is 2.04 bits per heavy atom. The average Bonchev–Trinajstić information content (AvgIpc) is 3.13. The Morgan fingerprint density at radius 3 is 2.71 bits per heavy atom. The quantitative estimate of drug-likeness (QED) is 0.845. The second-order valence-corrected chi connectivity index (χ2v) is 6.96. The summed E-state index contributed by atoms with van der Waals surface area (Å²) in [4.78, 5) is 17.3. The van der Waals surface area contributed by atoms with Crippen LogP contribution in [0.2, 0.25) is 0 Å². The van der Waals surface area contributed by atoms with E-state index in [-0.39, 0.29) is 5.91 Å². The molecule has 5 heteroatoms. The lowest BCUT2D eigenvalue weighted by molar-refractivity contribution is 0.0783. The topological polar surface area (TPSA) is 37.7 Å². The van der Waals surface area contributed by atoms with Crippen LogP contribution in [0.3, 0.4) is 0 Å². The van der Waals surface area contributed by atoms with Crippen molar-refractivity contribution in [1.82, 2.24) is 14.4 Å². The van der Waals surface area contributed by atoms with E-state index in [0.29, 0.717) is 18.6 Å². The molecule has 5 nitrogen and oxygen atoms in total. The molecule has 1 amide bonds. The molecule has 1 saturated heterocycles. The van der Waals surface area contributed by atoms with Gasteiger partial charge in [0.05, 0.1) is 12.2 Å². The minimum absolute atomic E-state index is 0.138. The van der Waals surface area contributed by atoms with Crippen LogP contribution in [0.4, 0.5) is 0 Å². The highest BCUT2D eigenvalue weighted by atomic mass is 16.5. The number of likely N-dealkylation sites (N-methyl/N-ethyl adjacent to an activating group) is 1. The molecule has 0 radical (unpaired) electrons. The summed E-state index contributed by atoms with van der Waals surface area (Å²) in [6.07, 6.45) is 1.99. The normalized spacial score (nSPS) is 21.1. The van der Waals surface area contributed by atoms with Crippen LogP contribution in [-0.2, 0) is 11.3 Å². The number of hydrogen-bond donors (Lipinski definition) is 0. The summed E-state index contributed by atoms with van der Waals surface area (Å²) in [5.41, 5.74) is 1.89. The Labute approximate surface area is 143 Å². The molecule has 1 aliphatic rings. The van der Waals surface area contributed by atoms with Gasteiger partial charge >= 0.3 is 0 Å². The van der Waals surface area contributed by atoms with E-state index < -0.39 is 0 Å². The third-order valence-corrected chi connectivity index (χ3v) is 5.08. The van der Waals surface area contributed by atoms with Crippen LogP contribution in [0.15, 0.2) is 30.5 Å². The van der Waals surface area contributed by atoms with E-state index in [9.17, 15) is 4.79 Å². The van der Waals surface area contributed by atoms with E-state index in [1.807, 2.05) is 29.3 Å². The fraction of sp³-hybridized carbons (Fsp3) is 0.526. The molecule has 3 rings (SSSR count). The number of para-hydroxylation sites is 1. The van der Waals surface area contributed by atoms with Gasteiger partial charge < -0.3 is 19.1 Å². The number of rotatable bonds is 5. The van der Waals surface area contributed by atoms with Gasteiger partial charge in [-0.15, -0.1) is 0 Å². The SMILES string of the molecule is COCCn1cc(C(=O)N2CC(C)C(N(C)C)C2)c2ccccc21. The molecule has 130 valence electrons. The van der Waals surface area contributed by atoms with Crippen LogP contribution in [0.1, 0.15) is 17.3 Å². The monoisotopic (exact) mass is 329 g/mol. The number of likely N-dealkylation sites (tertiary alicyclic amines) is 1. The van der Waals surface area contributed by atoms with Crippen LogP contribution >= 0.6 is 0 Å². The first-order valence-electron chi connectivity index (χ1n) is 8.55. The Bertz CT molecular complexity index is 722. The number of aromatic nitrogens is 1. The van der Waals surface area contributed by atoms with Gasteiger partial charge in [0.15, 0.2) is 0 Å². The molecule has 1 fully saturated rings. The third kappa shape index (κ3) is 3.06. The number of benzene rings is 1. The van der Waals surface area contributed by atoms with Crippen molar-refractivity contribution in [3.05, 3.63) is 36.0 Å². The third-order valence-electron chi connectivity index (χ3n) is 5.08. The molecule has 24 heavy (non-hydrogen) atoms. The predicted octanol–water partition coefficient (Wildman–Crippen LogP) is 2.31. The maximum Gasteiger partial charge on any atom is 0.256 e. The molecule has 0 spiro atoms. The fourth-order valence-corrected chi connectivity index (χ4v) is 3.75. The largest absolute Gasteiger partial charge is 0.383 e. The highest BCUT2D eigenvalue weighted by Gasteiger charge is 2.34. The highest BCUT2D eigenvalue weighted by Crippen LogP contribution is 2.26. The van der Waals surface area contributed by atoms with Gasteiger partial charge in [-0.25, -0.2) is 0 Å². The van der Waals surface area contributed by atoms with Crippen molar-refractivity contribution in [2.24, 2.45) is 5.92 Å². The standard InChI is InChI=1S/C19H27N3O2/c1-14-11-22(13-18(14)20(2)3)19(23)16-12-21(9-10-24-4)17-8-6-5-7-15(16)17/h5-8,12,14,18H,9-11,13H2,1-4H3. The van der Waals surface area contributed by atoms with Crippen molar-refractivity contribution in [2.45, 2.75) is 19.5 Å². The maximum atomic E-state index is 13.1. The number of nitrogens with zero attached hydrogens (tertiary/aromatic N) is 3. The van der Waals surface area contributed by atoms with Crippen molar-refractivity contribution in [2.75, 3.05) is 40.9 Å². The molecule has 2 aromatic rings. The summed E-state index contributed by atoms with van der Waals surface area (Å²) in [6, 6.07) is 8.54. The lowest BCUT2D eigenvalue weighted by Gasteiger charge is -2.22. The van der Waals surface area contributed by atoms with E-state index >= 15 is 0 Å². The van der Waals surface area contributed by atoms with Gasteiger partial charge in [0.1, 0.15) is 0 Å². The fourth-order valence-electron chi connectivity index (χ4n) is 3.75. The van der Waals surface area contributed by atoms with Crippen molar-refractivity contribution in [3.63, 3.8) is 0 Å². The van der Waals surface area contributed by atoms with Crippen molar-refractivity contribution in [3.8, 4) is 0 Å². The van der Waals surface area contributed by atoms with E-state index in [4.69, 9.17) is 4.74 Å². The first kappa shape index (κ1) is 17.0. The van der Waals surface area contributed by atoms with Crippen LogP contribution in [0.5, 0.6) is 0 Å². The molecule has 2 atom stereocenters. The number of ether oxygens (including phenoxy) is 1. The number of fused-ring (bicyclic) bond motifs is 1. The van der Waals surface area contributed by atoms with Gasteiger partial charge in [0.25, 0.3) is 5.91 Å². The van der Waals surface area contributed by atoms with Gasteiger partial charge in [-0.1, -0.05) is 25.1 Å². The van der Waals surface area contributed by atoms with E-state index in [0.717, 1.165) is 36.1 Å². The molecule has 1 aliphatic heterocycles. The van der Waals surface area contributed by atoms with Crippen LogP contribution in [0, 0.1) is 5.92 Å². The zero-order valence-electron chi connectivity index (χ0n) is 15.0.